The Hall–Kier alpha value is -2.82. The van der Waals surface area contributed by atoms with E-state index in [1.165, 1.54) is 22.8 Å². The van der Waals surface area contributed by atoms with Crippen molar-refractivity contribution in [2.45, 2.75) is 19.1 Å². The van der Waals surface area contributed by atoms with Crippen LogP contribution < -0.4 is 11.0 Å². The summed E-state index contributed by atoms with van der Waals surface area (Å²) < 4.78 is 30.4. The van der Waals surface area contributed by atoms with E-state index in [4.69, 9.17) is 11.6 Å². The molecule has 32 heavy (non-hydrogen) atoms. The fourth-order valence-electron chi connectivity index (χ4n) is 3.10. The van der Waals surface area contributed by atoms with Gasteiger partial charge in [0.1, 0.15) is 6.54 Å². The standard InChI is InChI=1S/C21H18BrClF2N4O3/c1-2-8-28-20(13-7-6-12(23)9-15(13)22)27-29(21(28)32)10-18(31)26-17(11-30)14-4-3-5-16(24)19(14)25/h2-7,9,17,30H,1,8,10-11H2,(H,26,31). The minimum Gasteiger partial charge on any atom is -0.394 e. The summed E-state index contributed by atoms with van der Waals surface area (Å²) in [5.41, 5.74) is -0.215. The van der Waals surface area contributed by atoms with Gasteiger partial charge in [-0.15, -0.1) is 11.7 Å². The van der Waals surface area contributed by atoms with E-state index in [9.17, 15) is 23.5 Å². The molecule has 0 aliphatic carbocycles. The first-order valence-electron chi connectivity index (χ1n) is 9.34. The second-order valence-corrected chi connectivity index (χ2v) is 8.02. The molecule has 2 N–H and O–H groups in total. The van der Waals surface area contributed by atoms with E-state index in [-0.39, 0.29) is 17.9 Å². The number of carbonyl (C=O) groups excluding carboxylic acids is 1. The van der Waals surface area contributed by atoms with Gasteiger partial charge in [0.25, 0.3) is 0 Å². The molecule has 1 heterocycles. The first kappa shape index (κ1) is 23.8. The number of aliphatic hydroxyl groups is 1. The lowest BCUT2D eigenvalue weighted by Gasteiger charge is -2.17. The smallest absolute Gasteiger partial charge is 0.346 e. The van der Waals surface area contributed by atoms with Crippen LogP contribution in [-0.4, -0.2) is 32.0 Å². The number of nitrogens with zero attached hydrogens (tertiary/aromatic N) is 3. The number of halogens is 4. The first-order chi connectivity index (χ1) is 15.3. The van der Waals surface area contributed by atoms with Gasteiger partial charge in [0.05, 0.1) is 12.6 Å². The largest absolute Gasteiger partial charge is 0.394 e. The highest BCUT2D eigenvalue weighted by Crippen LogP contribution is 2.29. The zero-order valence-electron chi connectivity index (χ0n) is 16.6. The number of aromatic nitrogens is 3. The van der Waals surface area contributed by atoms with Crippen LogP contribution in [0.1, 0.15) is 11.6 Å². The molecule has 0 saturated carbocycles. The van der Waals surface area contributed by atoms with Crippen LogP contribution in [0.2, 0.25) is 5.02 Å². The Kier molecular flexibility index (Phi) is 7.60. The molecule has 0 aliphatic rings. The molecular formula is C21H18BrClF2N4O3. The van der Waals surface area contributed by atoms with Crippen molar-refractivity contribution in [1.82, 2.24) is 19.7 Å². The summed E-state index contributed by atoms with van der Waals surface area (Å²) in [6.07, 6.45) is 1.51. The lowest BCUT2D eigenvalue weighted by molar-refractivity contribution is -0.123. The number of nitrogens with one attached hydrogen (secondary N) is 1. The van der Waals surface area contributed by atoms with Crippen LogP contribution in [-0.2, 0) is 17.9 Å². The van der Waals surface area contributed by atoms with Crippen LogP contribution in [0, 0.1) is 11.6 Å². The van der Waals surface area contributed by atoms with Gasteiger partial charge in [0, 0.05) is 27.2 Å². The highest BCUT2D eigenvalue weighted by atomic mass is 79.9. The van der Waals surface area contributed by atoms with Crippen LogP contribution in [0.25, 0.3) is 11.4 Å². The first-order valence-corrected chi connectivity index (χ1v) is 10.5. The molecule has 1 unspecified atom stereocenters. The predicted molar refractivity (Wildman–Crippen MR) is 119 cm³/mol. The molecule has 0 spiro atoms. The van der Waals surface area contributed by atoms with Gasteiger partial charge in [-0.2, -0.15) is 0 Å². The molecule has 2 aromatic carbocycles. The van der Waals surface area contributed by atoms with Crippen molar-refractivity contribution in [3.63, 3.8) is 0 Å². The Bertz CT molecular complexity index is 1230. The van der Waals surface area contributed by atoms with Gasteiger partial charge in [0.15, 0.2) is 17.5 Å². The van der Waals surface area contributed by atoms with Crippen molar-refractivity contribution in [3.8, 4) is 11.4 Å². The van der Waals surface area contributed by atoms with Crippen molar-refractivity contribution in [3.05, 3.63) is 86.2 Å². The molecule has 0 saturated heterocycles. The van der Waals surface area contributed by atoms with Crippen LogP contribution in [0.5, 0.6) is 0 Å². The molecule has 1 aromatic heterocycles. The third kappa shape index (κ3) is 4.98. The molecule has 0 fully saturated rings. The van der Waals surface area contributed by atoms with Gasteiger partial charge in [-0.3, -0.25) is 9.36 Å². The van der Waals surface area contributed by atoms with E-state index in [1.54, 1.807) is 18.2 Å². The van der Waals surface area contributed by atoms with Crippen molar-refractivity contribution in [2.24, 2.45) is 0 Å². The zero-order valence-corrected chi connectivity index (χ0v) is 18.9. The highest BCUT2D eigenvalue weighted by Gasteiger charge is 2.22. The van der Waals surface area contributed by atoms with Gasteiger partial charge < -0.3 is 10.4 Å². The minimum absolute atomic E-state index is 0.138. The highest BCUT2D eigenvalue weighted by molar-refractivity contribution is 9.10. The van der Waals surface area contributed by atoms with Crippen LogP contribution in [0.4, 0.5) is 8.78 Å². The van der Waals surface area contributed by atoms with Crippen molar-refractivity contribution >= 4 is 33.4 Å². The second kappa shape index (κ2) is 10.2. The van der Waals surface area contributed by atoms with E-state index >= 15 is 0 Å². The summed E-state index contributed by atoms with van der Waals surface area (Å²) >= 11 is 9.37. The molecule has 0 radical (unpaired) electrons. The second-order valence-electron chi connectivity index (χ2n) is 6.73. The molecule has 3 aromatic rings. The van der Waals surface area contributed by atoms with Crippen LogP contribution in [0.15, 0.2) is 58.3 Å². The molecule has 1 amide bonds. The monoisotopic (exact) mass is 526 g/mol. The number of rotatable bonds is 8. The summed E-state index contributed by atoms with van der Waals surface area (Å²) in [6.45, 7) is 2.60. The van der Waals surface area contributed by atoms with Crippen LogP contribution >= 0.6 is 27.5 Å². The Morgan fingerprint density at radius 1 is 1.34 bits per heavy atom. The molecule has 1 atom stereocenters. The molecule has 7 nitrogen and oxygen atoms in total. The summed E-state index contributed by atoms with van der Waals surface area (Å²) in [7, 11) is 0. The topological polar surface area (TPSA) is 89.2 Å². The average molecular weight is 528 g/mol. The molecule has 0 bridgehead atoms. The Morgan fingerprint density at radius 2 is 2.09 bits per heavy atom. The molecular weight excluding hydrogens is 510 g/mol. The Morgan fingerprint density at radius 3 is 2.75 bits per heavy atom. The van der Waals surface area contributed by atoms with E-state index in [0.717, 1.165) is 10.7 Å². The Labute approximate surface area is 195 Å². The quantitative estimate of drug-likeness (QED) is 0.439. The van der Waals surface area contributed by atoms with Gasteiger partial charge in [-0.05, 0) is 40.2 Å². The number of carbonyl (C=O) groups is 1. The third-order valence-corrected chi connectivity index (χ3v) is 5.47. The van der Waals surface area contributed by atoms with Gasteiger partial charge in [0.2, 0.25) is 5.91 Å². The van der Waals surface area contributed by atoms with Gasteiger partial charge in [-0.25, -0.2) is 18.3 Å². The lowest BCUT2D eigenvalue weighted by Crippen LogP contribution is -2.37. The number of aliphatic hydroxyl groups excluding tert-OH is 1. The number of amides is 1. The summed E-state index contributed by atoms with van der Waals surface area (Å²) in [4.78, 5) is 25.4. The van der Waals surface area contributed by atoms with E-state index in [0.29, 0.717) is 15.1 Å². The van der Waals surface area contributed by atoms with E-state index in [2.05, 4.69) is 32.9 Å². The average Bonchev–Trinajstić information content (AvgIpc) is 3.04. The molecule has 168 valence electrons. The normalized spacial score (nSPS) is 11.9. The van der Waals surface area contributed by atoms with Crippen molar-refractivity contribution < 1.29 is 18.7 Å². The van der Waals surface area contributed by atoms with Crippen molar-refractivity contribution in [1.29, 1.82) is 0 Å². The number of benzene rings is 2. The third-order valence-electron chi connectivity index (χ3n) is 4.57. The number of hydrogen-bond acceptors (Lipinski definition) is 4. The maximum atomic E-state index is 14.0. The fourth-order valence-corrected chi connectivity index (χ4v) is 3.96. The summed E-state index contributed by atoms with van der Waals surface area (Å²) in [5.74, 6) is -2.72. The Balaban J connectivity index is 1.90. The number of hydrogen-bond donors (Lipinski definition) is 2. The molecule has 11 heteroatoms. The SMILES string of the molecule is C=CCn1c(-c2ccc(Cl)cc2Br)nn(CC(=O)NC(CO)c2cccc(F)c2F)c1=O. The van der Waals surface area contributed by atoms with Gasteiger partial charge in [-0.1, -0.05) is 29.8 Å². The summed E-state index contributed by atoms with van der Waals surface area (Å²) in [6, 6.07) is 7.19. The lowest BCUT2D eigenvalue weighted by atomic mass is 10.1. The zero-order chi connectivity index (χ0) is 23.4. The molecule has 3 rings (SSSR count). The number of allylic oxidation sites excluding steroid dienone is 1. The van der Waals surface area contributed by atoms with E-state index < -0.39 is 42.4 Å². The van der Waals surface area contributed by atoms with E-state index in [1.807, 2.05) is 0 Å². The maximum absolute atomic E-state index is 14.0. The van der Waals surface area contributed by atoms with Crippen LogP contribution in [0.3, 0.4) is 0 Å². The predicted octanol–water partition coefficient (Wildman–Crippen LogP) is 3.44. The molecule has 0 aliphatic heterocycles. The summed E-state index contributed by atoms with van der Waals surface area (Å²) in [5, 5.41) is 16.7. The van der Waals surface area contributed by atoms with Crippen molar-refractivity contribution in [2.75, 3.05) is 6.61 Å². The maximum Gasteiger partial charge on any atom is 0.346 e. The van der Waals surface area contributed by atoms with Gasteiger partial charge >= 0.3 is 5.69 Å². The minimum atomic E-state index is -1.20. The fraction of sp³-hybridized carbons (Fsp3) is 0.190.